The van der Waals surface area contributed by atoms with Crippen LogP contribution >= 0.6 is 0 Å². The molecule has 2 aliphatic rings. The summed E-state index contributed by atoms with van der Waals surface area (Å²) in [5, 5.41) is 0. The van der Waals surface area contributed by atoms with Gasteiger partial charge in [-0.15, -0.1) is 0 Å². The molecule has 0 amide bonds. The molecule has 0 N–H and O–H groups in total. The second-order valence-corrected chi connectivity index (χ2v) is 6.21. The Labute approximate surface area is 126 Å². The van der Waals surface area contributed by atoms with E-state index in [-0.39, 0.29) is 0 Å². The van der Waals surface area contributed by atoms with Crippen LogP contribution in [0.2, 0.25) is 0 Å². The van der Waals surface area contributed by atoms with Gasteiger partial charge in [0.1, 0.15) is 0 Å². The van der Waals surface area contributed by atoms with Gasteiger partial charge in [0.2, 0.25) is 0 Å². The Hall–Kier alpha value is -2.08. The lowest BCUT2D eigenvalue weighted by Crippen LogP contribution is -2.29. The first-order valence-electron chi connectivity index (χ1n) is 7.88. The standard InChI is InChI=1S/C21H20/c1-2-8-16(9-3-1)14-21-19-12-6-4-10-17(19)15-18-11-5-7-13-20(18)21/h1-13,17,19,21H,14-15H2. The maximum Gasteiger partial charge on any atom is -0.00500 e. The van der Waals surface area contributed by atoms with Crippen LogP contribution in [0.5, 0.6) is 0 Å². The fourth-order valence-electron chi connectivity index (χ4n) is 3.96. The number of benzene rings is 2. The van der Waals surface area contributed by atoms with Gasteiger partial charge < -0.3 is 0 Å². The molecule has 2 aliphatic carbocycles. The van der Waals surface area contributed by atoms with Crippen LogP contribution in [0.15, 0.2) is 78.9 Å². The van der Waals surface area contributed by atoms with E-state index in [2.05, 4.69) is 78.9 Å². The van der Waals surface area contributed by atoms with Crippen molar-refractivity contribution < 1.29 is 0 Å². The summed E-state index contributed by atoms with van der Waals surface area (Å²) in [5.74, 6) is 1.91. The largest absolute Gasteiger partial charge is 0.0805 e. The smallest absolute Gasteiger partial charge is 0.00500 e. The lowest BCUT2D eigenvalue weighted by Gasteiger charge is -2.38. The van der Waals surface area contributed by atoms with Gasteiger partial charge in [-0.2, -0.15) is 0 Å². The maximum atomic E-state index is 2.42. The van der Waals surface area contributed by atoms with E-state index in [0.29, 0.717) is 17.8 Å². The highest BCUT2D eigenvalue weighted by atomic mass is 14.4. The summed E-state index contributed by atoms with van der Waals surface area (Å²) in [4.78, 5) is 0. The van der Waals surface area contributed by atoms with E-state index in [4.69, 9.17) is 0 Å². The number of fused-ring (bicyclic) bond motifs is 2. The van der Waals surface area contributed by atoms with Crippen molar-refractivity contribution in [1.29, 1.82) is 0 Å². The third-order valence-corrected chi connectivity index (χ3v) is 4.97. The van der Waals surface area contributed by atoms with Crippen molar-refractivity contribution in [2.75, 3.05) is 0 Å². The van der Waals surface area contributed by atoms with Crippen molar-refractivity contribution in [3.05, 3.63) is 95.6 Å². The van der Waals surface area contributed by atoms with Crippen molar-refractivity contribution in [3.8, 4) is 0 Å². The van der Waals surface area contributed by atoms with Crippen molar-refractivity contribution >= 4 is 0 Å². The Balaban J connectivity index is 1.75. The summed E-state index contributed by atoms with van der Waals surface area (Å²) in [5.41, 5.74) is 4.54. The van der Waals surface area contributed by atoms with Crippen LogP contribution < -0.4 is 0 Å². The molecular formula is C21H20. The maximum absolute atomic E-state index is 2.42. The molecule has 3 unspecified atom stereocenters. The molecule has 0 nitrogen and oxygen atoms in total. The molecule has 0 bridgehead atoms. The Morgan fingerprint density at radius 2 is 1.57 bits per heavy atom. The van der Waals surface area contributed by atoms with E-state index in [0.717, 1.165) is 6.42 Å². The summed E-state index contributed by atoms with van der Waals surface area (Å²) in [6, 6.07) is 19.9. The molecule has 0 saturated carbocycles. The van der Waals surface area contributed by atoms with Crippen molar-refractivity contribution in [2.24, 2.45) is 11.8 Å². The molecule has 0 aliphatic heterocycles. The van der Waals surface area contributed by atoms with Crippen molar-refractivity contribution in [2.45, 2.75) is 18.8 Å². The van der Waals surface area contributed by atoms with Crippen LogP contribution in [0.4, 0.5) is 0 Å². The Morgan fingerprint density at radius 1 is 0.810 bits per heavy atom. The van der Waals surface area contributed by atoms with Crippen LogP contribution in [0.1, 0.15) is 22.6 Å². The predicted molar refractivity (Wildman–Crippen MR) is 88.3 cm³/mol. The second-order valence-electron chi connectivity index (χ2n) is 6.21. The van der Waals surface area contributed by atoms with Gasteiger partial charge in [-0.25, -0.2) is 0 Å². The highest BCUT2D eigenvalue weighted by molar-refractivity contribution is 5.39. The zero-order valence-corrected chi connectivity index (χ0v) is 12.2. The minimum Gasteiger partial charge on any atom is -0.0805 e. The van der Waals surface area contributed by atoms with E-state index in [1.54, 1.807) is 11.1 Å². The van der Waals surface area contributed by atoms with Gasteiger partial charge in [0, 0.05) is 0 Å². The third kappa shape index (κ3) is 2.35. The summed E-state index contributed by atoms with van der Waals surface area (Å²) in [6.07, 6.45) is 11.6. The quantitative estimate of drug-likeness (QED) is 0.727. The lowest BCUT2D eigenvalue weighted by molar-refractivity contribution is 0.360. The number of hydrogen-bond donors (Lipinski definition) is 0. The van der Waals surface area contributed by atoms with E-state index in [1.807, 2.05) is 0 Å². The number of hydrogen-bond acceptors (Lipinski definition) is 0. The van der Waals surface area contributed by atoms with Crippen LogP contribution in [-0.4, -0.2) is 0 Å². The molecule has 4 rings (SSSR count). The molecule has 0 heterocycles. The van der Waals surface area contributed by atoms with Gasteiger partial charge in [0.15, 0.2) is 0 Å². The molecule has 0 saturated heterocycles. The highest BCUT2D eigenvalue weighted by Crippen LogP contribution is 2.44. The zero-order valence-electron chi connectivity index (χ0n) is 12.2. The number of allylic oxidation sites excluding steroid dienone is 4. The monoisotopic (exact) mass is 272 g/mol. The van der Waals surface area contributed by atoms with Gasteiger partial charge >= 0.3 is 0 Å². The molecule has 3 atom stereocenters. The highest BCUT2D eigenvalue weighted by Gasteiger charge is 2.34. The summed E-state index contributed by atoms with van der Waals surface area (Å²) in [6.45, 7) is 0. The molecule has 104 valence electrons. The van der Waals surface area contributed by atoms with Crippen LogP contribution in [-0.2, 0) is 12.8 Å². The summed E-state index contributed by atoms with van der Waals surface area (Å²) in [7, 11) is 0. The summed E-state index contributed by atoms with van der Waals surface area (Å²) < 4.78 is 0. The number of rotatable bonds is 2. The average molecular weight is 272 g/mol. The minimum absolute atomic E-state index is 0.601. The minimum atomic E-state index is 0.601. The molecule has 2 aromatic rings. The van der Waals surface area contributed by atoms with Crippen molar-refractivity contribution in [3.63, 3.8) is 0 Å². The third-order valence-electron chi connectivity index (χ3n) is 4.97. The van der Waals surface area contributed by atoms with Crippen LogP contribution in [0.25, 0.3) is 0 Å². The average Bonchev–Trinajstić information content (AvgIpc) is 2.55. The first kappa shape index (κ1) is 12.6. The molecule has 0 heteroatoms. The first-order chi connectivity index (χ1) is 10.4. The van der Waals surface area contributed by atoms with Gasteiger partial charge in [0.25, 0.3) is 0 Å². The zero-order chi connectivity index (χ0) is 14.1. The molecule has 0 aromatic heterocycles. The van der Waals surface area contributed by atoms with E-state index < -0.39 is 0 Å². The fourth-order valence-corrected chi connectivity index (χ4v) is 3.96. The molecule has 0 fully saturated rings. The van der Waals surface area contributed by atoms with E-state index in [9.17, 15) is 0 Å². The SMILES string of the molecule is C1=CC2Cc3ccccc3C(Cc3ccccc3)C2C=C1. The predicted octanol–water partition coefficient (Wildman–Crippen LogP) is 4.93. The summed E-state index contributed by atoms with van der Waals surface area (Å²) >= 11 is 0. The van der Waals surface area contributed by atoms with E-state index >= 15 is 0 Å². The van der Waals surface area contributed by atoms with Crippen molar-refractivity contribution in [1.82, 2.24) is 0 Å². The van der Waals surface area contributed by atoms with Crippen LogP contribution in [0.3, 0.4) is 0 Å². The normalized spacial score (nSPS) is 26.2. The molecule has 0 radical (unpaired) electrons. The van der Waals surface area contributed by atoms with Gasteiger partial charge in [-0.1, -0.05) is 78.9 Å². The Kier molecular flexibility index (Phi) is 3.23. The second kappa shape index (κ2) is 5.37. The Bertz CT molecular complexity index is 678. The lowest BCUT2D eigenvalue weighted by atomic mass is 9.66. The molecule has 2 aromatic carbocycles. The molecular weight excluding hydrogens is 252 g/mol. The Morgan fingerprint density at radius 3 is 2.48 bits per heavy atom. The molecule has 21 heavy (non-hydrogen) atoms. The molecule has 0 spiro atoms. The first-order valence-corrected chi connectivity index (χ1v) is 7.88. The van der Waals surface area contributed by atoms with Gasteiger partial charge in [0.05, 0.1) is 0 Å². The van der Waals surface area contributed by atoms with Gasteiger partial charge in [-0.05, 0) is 47.3 Å². The van der Waals surface area contributed by atoms with Crippen LogP contribution in [0, 0.1) is 11.8 Å². The van der Waals surface area contributed by atoms with E-state index in [1.165, 1.54) is 12.0 Å². The fraction of sp³-hybridized carbons (Fsp3) is 0.238. The topological polar surface area (TPSA) is 0 Å². The van der Waals surface area contributed by atoms with Gasteiger partial charge in [-0.3, -0.25) is 0 Å².